The number of halogens is 1. The van der Waals surface area contributed by atoms with Crippen molar-refractivity contribution in [3.05, 3.63) is 64.7 Å². The van der Waals surface area contributed by atoms with E-state index in [2.05, 4.69) is 10.2 Å². The van der Waals surface area contributed by atoms with Gasteiger partial charge in [0.15, 0.2) is 6.73 Å². The first-order chi connectivity index (χ1) is 18.7. The van der Waals surface area contributed by atoms with E-state index in [1.807, 2.05) is 29.4 Å². The highest BCUT2D eigenvalue weighted by atomic mass is 35.5. The number of rotatable bonds is 7. The van der Waals surface area contributed by atoms with Crippen LogP contribution in [0.4, 0.5) is 0 Å². The van der Waals surface area contributed by atoms with Gasteiger partial charge >= 0.3 is 5.97 Å². The Bertz CT molecular complexity index is 1550. The number of carbonyl (C=O) groups is 2. The number of benzene rings is 2. The molecule has 3 heterocycles. The third kappa shape index (κ3) is 4.63. The van der Waals surface area contributed by atoms with Gasteiger partial charge in [0.25, 0.3) is 5.91 Å². The minimum Gasteiger partial charge on any atom is -0.497 e. The maximum atomic E-state index is 14.3. The third-order valence-corrected chi connectivity index (χ3v) is 7.75. The molecule has 11 heteroatoms. The molecule has 1 aliphatic rings. The topological polar surface area (TPSA) is 104 Å². The van der Waals surface area contributed by atoms with Crippen LogP contribution in [0, 0.1) is 12.8 Å². The number of ether oxygens (including phenoxy) is 2. The maximum Gasteiger partial charge on any atom is 0.310 e. The Morgan fingerprint density at radius 3 is 2.59 bits per heavy atom. The van der Waals surface area contributed by atoms with Crippen molar-refractivity contribution in [1.29, 1.82) is 0 Å². The van der Waals surface area contributed by atoms with Crippen molar-refractivity contribution in [1.82, 2.24) is 29.4 Å². The first-order valence-corrected chi connectivity index (χ1v) is 13.2. The summed E-state index contributed by atoms with van der Waals surface area (Å²) in [7, 11) is 1.56. The molecular formula is C28H31ClN6O4. The Kier molecular flexibility index (Phi) is 7.07. The van der Waals surface area contributed by atoms with E-state index in [9.17, 15) is 9.59 Å². The summed E-state index contributed by atoms with van der Waals surface area (Å²) in [6, 6.07) is 8.90. The van der Waals surface area contributed by atoms with Crippen molar-refractivity contribution < 1.29 is 19.1 Å². The van der Waals surface area contributed by atoms with Gasteiger partial charge < -0.3 is 14.4 Å². The smallest absolute Gasteiger partial charge is 0.310 e. The van der Waals surface area contributed by atoms with Crippen LogP contribution in [0.3, 0.4) is 0 Å². The minimum atomic E-state index is -0.794. The van der Waals surface area contributed by atoms with E-state index in [0.29, 0.717) is 40.8 Å². The number of likely N-dealkylation sites (tertiary alicyclic amines) is 1. The lowest BCUT2D eigenvalue weighted by atomic mass is 9.96. The fourth-order valence-electron chi connectivity index (χ4n) is 5.20. The van der Waals surface area contributed by atoms with Crippen molar-refractivity contribution in [2.24, 2.45) is 5.92 Å². The number of aryl methyl sites for hydroxylation is 1. The van der Waals surface area contributed by atoms with Gasteiger partial charge in [-0.3, -0.25) is 14.2 Å². The monoisotopic (exact) mass is 550 g/mol. The molecule has 1 aliphatic heterocycles. The molecule has 204 valence electrons. The summed E-state index contributed by atoms with van der Waals surface area (Å²) in [5.41, 5.74) is 2.48. The second-order valence-corrected chi connectivity index (χ2v) is 10.6. The van der Waals surface area contributed by atoms with Gasteiger partial charge in [-0.15, -0.1) is 0 Å². The average molecular weight is 551 g/mol. The van der Waals surface area contributed by atoms with E-state index < -0.39 is 5.54 Å². The van der Waals surface area contributed by atoms with Gasteiger partial charge in [-0.1, -0.05) is 25.4 Å². The number of fused-ring (bicyclic) bond motifs is 1. The van der Waals surface area contributed by atoms with E-state index in [1.165, 1.54) is 4.80 Å². The molecule has 0 spiro atoms. The van der Waals surface area contributed by atoms with Crippen LogP contribution in [0.15, 0.2) is 42.7 Å². The maximum absolute atomic E-state index is 14.3. The molecule has 1 saturated heterocycles. The molecule has 0 unspecified atom stereocenters. The average Bonchev–Trinajstić information content (AvgIpc) is 3.68. The van der Waals surface area contributed by atoms with Crippen LogP contribution in [-0.4, -0.2) is 55.0 Å². The van der Waals surface area contributed by atoms with Gasteiger partial charge in [0.1, 0.15) is 11.6 Å². The van der Waals surface area contributed by atoms with Gasteiger partial charge in [-0.2, -0.15) is 15.0 Å². The molecule has 1 amide bonds. The number of esters is 1. The lowest BCUT2D eigenvalue weighted by Crippen LogP contribution is -2.45. The highest BCUT2D eigenvalue weighted by Crippen LogP contribution is 2.42. The SMILES string of the molecule is COc1ccc(-n2nccn2)c(C(=O)N2CCC[C@@]2(C)c2nc3ccc(Cl)c(C)c3n2COC(=O)C(C)C)c1. The highest BCUT2D eigenvalue weighted by molar-refractivity contribution is 6.32. The van der Waals surface area contributed by atoms with Crippen molar-refractivity contribution in [2.45, 2.75) is 52.8 Å². The molecule has 0 aliphatic carbocycles. The summed E-state index contributed by atoms with van der Waals surface area (Å²) in [6.07, 6.45) is 4.57. The molecule has 4 aromatic rings. The summed E-state index contributed by atoms with van der Waals surface area (Å²) in [5.74, 6) is 0.379. The van der Waals surface area contributed by atoms with Crippen molar-refractivity contribution in [2.75, 3.05) is 13.7 Å². The summed E-state index contributed by atoms with van der Waals surface area (Å²) >= 11 is 6.49. The predicted molar refractivity (Wildman–Crippen MR) is 146 cm³/mol. The van der Waals surface area contributed by atoms with Gasteiger partial charge in [-0.25, -0.2) is 4.98 Å². The number of carbonyl (C=O) groups excluding carboxylic acids is 2. The molecule has 1 fully saturated rings. The molecule has 0 saturated carbocycles. The zero-order valence-electron chi connectivity index (χ0n) is 22.6. The second kappa shape index (κ2) is 10.3. The van der Waals surface area contributed by atoms with Crippen LogP contribution in [0.2, 0.25) is 5.02 Å². The molecule has 1 atom stereocenters. The van der Waals surface area contributed by atoms with Crippen molar-refractivity contribution >= 4 is 34.5 Å². The molecule has 0 N–H and O–H groups in total. The Hall–Kier alpha value is -3.92. The lowest BCUT2D eigenvalue weighted by Gasteiger charge is -2.35. The van der Waals surface area contributed by atoms with Crippen LogP contribution in [-0.2, 0) is 21.8 Å². The van der Waals surface area contributed by atoms with E-state index in [1.54, 1.807) is 57.6 Å². The largest absolute Gasteiger partial charge is 0.497 e. The van der Waals surface area contributed by atoms with Crippen LogP contribution in [0.1, 0.15) is 55.4 Å². The Morgan fingerprint density at radius 2 is 1.90 bits per heavy atom. The van der Waals surface area contributed by atoms with Gasteiger partial charge in [-0.05, 0) is 62.6 Å². The zero-order valence-corrected chi connectivity index (χ0v) is 23.4. The standard InChI is InChI=1S/C28H31ClN6O4/c1-17(2)26(37)39-16-33-24-18(3)21(29)8-9-22(24)32-27(33)28(4)11-6-14-34(28)25(36)20-15-19(38-5)7-10-23(20)35-30-12-13-31-35/h7-10,12-13,15,17H,6,11,14,16H2,1-5H3/t28-/m0/s1. The molecular weight excluding hydrogens is 520 g/mol. The molecule has 2 aromatic carbocycles. The van der Waals surface area contributed by atoms with Gasteiger partial charge in [0.2, 0.25) is 0 Å². The predicted octanol–water partition coefficient (Wildman–Crippen LogP) is 4.90. The van der Waals surface area contributed by atoms with E-state index >= 15 is 0 Å². The fourth-order valence-corrected chi connectivity index (χ4v) is 5.35. The van der Waals surface area contributed by atoms with E-state index in [-0.39, 0.29) is 24.5 Å². The van der Waals surface area contributed by atoms with Gasteiger partial charge in [0, 0.05) is 11.6 Å². The number of aromatic nitrogens is 5. The molecule has 10 nitrogen and oxygen atoms in total. The minimum absolute atomic E-state index is 0.0384. The molecule has 0 radical (unpaired) electrons. The number of nitrogens with zero attached hydrogens (tertiary/aromatic N) is 6. The number of imidazole rings is 1. The summed E-state index contributed by atoms with van der Waals surface area (Å²) in [5, 5.41) is 9.06. The highest BCUT2D eigenvalue weighted by Gasteiger charge is 2.46. The van der Waals surface area contributed by atoms with Crippen LogP contribution >= 0.6 is 11.6 Å². The van der Waals surface area contributed by atoms with E-state index in [0.717, 1.165) is 23.0 Å². The first kappa shape index (κ1) is 26.7. The zero-order chi connectivity index (χ0) is 27.9. The van der Waals surface area contributed by atoms with Crippen LogP contribution in [0.25, 0.3) is 16.7 Å². The van der Waals surface area contributed by atoms with Crippen molar-refractivity contribution in [3.63, 3.8) is 0 Å². The molecule has 2 aromatic heterocycles. The fraction of sp³-hybridized carbons (Fsp3) is 0.393. The first-order valence-electron chi connectivity index (χ1n) is 12.8. The summed E-state index contributed by atoms with van der Waals surface area (Å²) < 4.78 is 13.0. The number of hydrogen-bond acceptors (Lipinski definition) is 7. The van der Waals surface area contributed by atoms with Crippen molar-refractivity contribution in [3.8, 4) is 11.4 Å². The lowest BCUT2D eigenvalue weighted by molar-refractivity contribution is -0.151. The molecule has 0 bridgehead atoms. The molecule has 5 rings (SSSR count). The Labute approximate surface area is 231 Å². The summed E-state index contributed by atoms with van der Waals surface area (Å²) in [6.45, 7) is 7.97. The van der Waals surface area contributed by atoms with Crippen LogP contribution in [0.5, 0.6) is 5.75 Å². The molecule has 39 heavy (non-hydrogen) atoms. The third-order valence-electron chi connectivity index (χ3n) is 7.34. The number of amides is 1. The van der Waals surface area contributed by atoms with Crippen LogP contribution < -0.4 is 4.74 Å². The Morgan fingerprint density at radius 1 is 1.15 bits per heavy atom. The normalized spacial score (nSPS) is 17.3. The quantitative estimate of drug-likeness (QED) is 0.301. The number of hydrogen-bond donors (Lipinski definition) is 0. The van der Waals surface area contributed by atoms with E-state index in [4.69, 9.17) is 26.1 Å². The van der Waals surface area contributed by atoms with Gasteiger partial charge in [0.05, 0.1) is 53.2 Å². The Balaban J connectivity index is 1.63. The second-order valence-electron chi connectivity index (χ2n) is 10.2. The number of methoxy groups -OCH3 is 1. The summed E-state index contributed by atoms with van der Waals surface area (Å²) in [4.78, 5) is 35.0.